The van der Waals surface area contributed by atoms with E-state index >= 15 is 0 Å². The van der Waals surface area contributed by atoms with Crippen molar-refractivity contribution in [2.45, 2.75) is 13.5 Å². The molecule has 8 nitrogen and oxygen atoms in total. The zero-order valence-electron chi connectivity index (χ0n) is 14.6. The molecule has 26 heavy (non-hydrogen) atoms. The maximum atomic E-state index is 11.3. The summed E-state index contributed by atoms with van der Waals surface area (Å²) in [5.74, 6) is 0.799. The van der Waals surface area contributed by atoms with Gasteiger partial charge in [0.2, 0.25) is 5.90 Å². The van der Waals surface area contributed by atoms with Gasteiger partial charge >= 0.3 is 6.03 Å². The first-order chi connectivity index (χ1) is 12.5. The van der Waals surface area contributed by atoms with Gasteiger partial charge in [0, 0.05) is 18.0 Å². The average molecular weight is 355 g/mol. The number of hydrogen-bond donors (Lipinski definition) is 4. The van der Waals surface area contributed by atoms with Crippen LogP contribution in [-0.4, -0.2) is 24.0 Å². The van der Waals surface area contributed by atoms with E-state index in [9.17, 15) is 4.79 Å². The maximum absolute atomic E-state index is 11.3. The lowest BCUT2D eigenvalue weighted by molar-refractivity contribution is 0.251. The molecule has 0 aliphatic heterocycles. The molecular formula is C18H21N5O3. The SMILES string of the molecule is COc1ccnc(COC(=N)/C(C)=C(/NC(N)=O)Nc2ccccc2)c1. The van der Waals surface area contributed by atoms with Crippen molar-refractivity contribution in [1.29, 1.82) is 5.41 Å². The number of primary amides is 1. The summed E-state index contributed by atoms with van der Waals surface area (Å²) in [4.78, 5) is 15.4. The molecule has 1 aromatic carbocycles. The van der Waals surface area contributed by atoms with Gasteiger partial charge in [-0.3, -0.25) is 15.7 Å². The Balaban J connectivity index is 2.11. The Labute approximate surface area is 151 Å². The van der Waals surface area contributed by atoms with Crippen molar-refractivity contribution in [3.8, 4) is 5.75 Å². The minimum Gasteiger partial charge on any atom is -0.497 e. The zero-order valence-corrected chi connectivity index (χ0v) is 14.6. The van der Waals surface area contributed by atoms with Gasteiger partial charge in [-0.2, -0.15) is 0 Å². The highest BCUT2D eigenvalue weighted by atomic mass is 16.5. The third-order valence-electron chi connectivity index (χ3n) is 3.40. The van der Waals surface area contributed by atoms with Gasteiger partial charge in [0.1, 0.15) is 18.2 Å². The lowest BCUT2D eigenvalue weighted by Gasteiger charge is -2.16. The molecule has 136 valence electrons. The lowest BCUT2D eigenvalue weighted by atomic mass is 10.2. The van der Waals surface area contributed by atoms with Crippen LogP contribution in [0.4, 0.5) is 10.5 Å². The second-order valence-corrected chi connectivity index (χ2v) is 5.29. The quantitative estimate of drug-likeness (QED) is 0.449. The fourth-order valence-electron chi connectivity index (χ4n) is 2.04. The van der Waals surface area contributed by atoms with Crippen LogP contribution in [0.1, 0.15) is 12.6 Å². The van der Waals surface area contributed by atoms with E-state index < -0.39 is 6.03 Å². The van der Waals surface area contributed by atoms with E-state index in [2.05, 4.69) is 15.6 Å². The molecule has 1 heterocycles. The number of aromatic nitrogens is 1. The number of nitrogens with two attached hydrogens (primary N) is 1. The minimum atomic E-state index is -0.745. The van der Waals surface area contributed by atoms with E-state index in [0.29, 0.717) is 17.0 Å². The van der Waals surface area contributed by atoms with Gasteiger partial charge < -0.3 is 20.5 Å². The first kappa shape index (κ1) is 18.8. The molecule has 0 spiro atoms. The van der Waals surface area contributed by atoms with Crippen molar-refractivity contribution in [2.24, 2.45) is 5.73 Å². The molecule has 0 atom stereocenters. The molecule has 0 saturated heterocycles. The second-order valence-electron chi connectivity index (χ2n) is 5.29. The molecule has 1 aromatic heterocycles. The number of hydrogen-bond acceptors (Lipinski definition) is 6. The van der Waals surface area contributed by atoms with Crippen LogP contribution < -0.4 is 21.1 Å². The number of ether oxygens (including phenoxy) is 2. The predicted molar refractivity (Wildman–Crippen MR) is 98.8 cm³/mol. The summed E-state index contributed by atoms with van der Waals surface area (Å²) in [7, 11) is 1.56. The van der Waals surface area contributed by atoms with Gasteiger partial charge in [-0.1, -0.05) is 18.2 Å². The Morgan fingerprint density at radius 2 is 2.00 bits per heavy atom. The Bertz CT molecular complexity index is 805. The molecule has 2 aromatic rings. The molecule has 2 rings (SSSR count). The number of nitrogens with zero attached hydrogens (tertiary/aromatic N) is 1. The first-order valence-corrected chi connectivity index (χ1v) is 7.79. The predicted octanol–water partition coefficient (Wildman–Crippen LogP) is 2.60. The lowest BCUT2D eigenvalue weighted by Crippen LogP contribution is -2.33. The standard InChI is InChI=1S/C18H21N5O3/c1-12(16(19)26-11-14-10-15(25-2)8-9-21-14)17(23-18(20)24)22-13-6-4-3-5-7-13/h3-10,19,22H,11H2,1-2H3,(H3,20,23,24)/b17-12+,19-16?. The zero-order chi connectivity index (χ0) is 18.9. The number of nitrogens with one attached hydrogen (secondary N) is 3. The molecule has 5 N–H and O–H groups in total. The summed E-state index contributed by atoms with van der Waals surface area (Å²) >= 11 is 0. The molecule has 0 aliphatic carbocycles. The summed E-state index contributed by atoms with van der Waals surface area (Å²) in [6, 6.07) is 11.9. The van der Waals surface area contributed by atoms with Crippen LogP contribution in [-0.2, 0) is 11.3 Å². The number of amides is 2. The summed E-state index contributed by atoms with van der Waals surface area (Å²) < 4.78 is 10.6. The number of benzene rings is 1. The van der Waals surface area contributed by atoms with Crippen molar-refractivity contribution >= 4 is 17.6 Å². The van der Waals surface area contributed by atoms with E-state index in [-0.39, 0.29) is 18.3 Å². The van der Waals surface area contributed by atoms with Crippen molar-refractivity contribution in [3.05, 3.63) is 65.7 Å². The number of carbonyl (C=O) groups excluding carboxylic acids is 1. The summed E-state index contributed by atoms with van der Waals surface area (Å²) in [5, 5.41) is 13.6. The smallest absolute Gasteiger partial charge is 0.317 e. The normalized spacial score (nSPS) is 11.2. The Hall–Kier alpha value is -3.55. The van der Waals surface area contributed by atoms with Gasteiger partial charge in [0.25, 0.3) is 0 Å². The molecule has 0 unspecified atom stereocenters. The van der Waals surface area contributed by atoms with Crippen LogP contribution in [0.2, 0.25) is 0 Å². The van der Waals surface area contributed by atoms with Crippen molar-refractivity contribution in [3.63, 3.8) is 0 Å². The van der Waals surface area contributed by atoms with Gasteiger partial charge in [0.05, 0.1) is 18.4 Å². The highest BCUT2D eigenvalue weighted by Gasteiger charge is 2.12. The van der Waals surface area contributed by atoms with Crippen LogP contribution >= 0.6 is 0 Å². The molecule has 2 amide bonds. The first-order valence-electron chi connectivity index (χ1n) is 7.79. The Morgan fingerprint density at radius 3 is 2.65 bits per heavy atom. The molecule has 0 saturated carbocycles. The van der Waals surface area contributed by atoms with Gasteiger partial charge in [0.15, 0.2) is 0 Å². The van der Waals surface area contributed by atoms with Crippen LogP contribution in [0.5, 0.6) is 5.75 Å². The van der Waals surface area contributed by atoms with E-state index in [0.717, 1.165) is 5.69 Å². The van der Waals surface area contributed by atoms with Crippen molar-refractivity contribution < 1.29 is 14.3 Å². The molecule has 0 radical (unpaired) electrons. The largest absolute Gasteiger partial charge is 0.497 e. The average Bonchev–Trinajstić information content (AvgIpc) is 2.65. The third kappa shape index (κ3) is 5.52. The number of rotatable bonds is 7. The van der Waals surface area contributed by atoms with Crippen LogP contribution in [0.25, 0.3) is 0 Å². The van der Waals surface area contributed by atoms with Gasteiger partial charge in [-0.25, -0.2) is 4.79 Å². The second kappa shape index (κ2) is 9.07. The molecular weight excluding hydrogens is 334 g/mol. The van der Waals surface area contributed by atoms with E-state index in [1.54, 1.807) is 32.4 Å². The highest BCUT2D eigenvalue weighted by Crippen LogP contribution is 2.14. The minimum absolute atomic E-state index is 0.0859. The monoisotopic (exact) mass is 355 g/mol. The van der Waals surface area contributed by atoms with Gasteiger partial charge in [-0.05, 0) is 25.1 Å². The Morgan fingerprint density at radius 1 is 1.27 bits per heavy atom. The number of methoxy groups -OCH3 is 1. The number of urea groups is 1. The number of para-hydroxylation sites is 1. The number of carbonyl (C=O) groups is 1. The van der Waals surface area contributed by atoms with Gasteiger partial charge in [-0.15, -0.1) is 0 Å². The maximum Gasteiger partial charge on any atom is 0.317 e. The van der Waals surface area contributed by atoms with Crippen LogP contribution in [0.15, 0.2) is 60.1 Å². The number of anilines is 1. The Kier molecular flexibility index (Phi) is 6.55. The fraction of sp³-hybridized carbons (Fsp3) is 0.167. The number of pyridine rings is 1. The summed E-state index contributed by atoms with van der Waals surface area (Å²) in [5.41, 5.74) is 6.95. The summed E-state index contributed by atoms with van der Waals surface area (Å²) in [6.07, 6.45) is 1.60. The fourth-order valence-corrected chi connectivity index (χ4v) is 2.04. The highest BCUT2D eigenvalue weighted by molar-refractivity contribution is 5.92. The van der Waals surface area contributed by atoms with E-state index in [1.165, 1.54) is 0 Å². The third-order valence-corrected chi connectivity index (χ3v) is 3.40. The molecule has 0 aliphatic rings. The van der Waals surface area contributed by atoms with Crippen LogP contribution in [0, 0.1) is 5.41 Å². The van der Waals surface area contributed by atoms with Crippen LogP contribution in [0.3, 0.4) is 0 Å². The molecule has 8 heteroatoms. The van der Waals surface area contributed by atoms with E-state index in [1.807, 2.05) is 30.3 Å². The summed E-state index contributed by atoms with van der Waals surface area (Å²) in [6.45, 7) is 1.73. The molecule has 0 fully saturated rings. The van der Waals surface area contributed by atoms with E-state index in [4.69, 9.17) is 20.6 Å². The topological polar surface area (TPSA) is 122 Å². The van der Waals surface area contributed by atoms with Crippen molar-refractivity contribution in [1.82, 2.24) is 10.3 Å². The van der Waals surface area contributed by atoms with Crippen molar-refractivity contribution in [2.75, 3.05) is 12.4 Å². The molecule has 0 bridgehead atoms.